The highest BCUT2D eigenvalue weighted by molar-refractivity contribution is 5.90. The summed E-state index contributed by atoms with van der Waals surface area (Å²) in [7, 11) is 0. The van der Waals surface area contributed by atoms with Crippen molar-refractivity contribution in [1.29, 1.82) is 0 Å². The van der Waals surface area contributed by atoms with Gasteiger partial charge in [-0.25, -0.2) is 9.97 Å². The average molecular weight is 321 g/mol. The highest BCUT2D eigenvalue weighted by Crippen LogP contribution is 2.12. The quantitative estimate of drug-likeness (QED) is 0.618. The molecule has 8 nitrogen and oxygen atoms in total. The van der Waals surface area contributed by atoms with Gasteiger partial charge in [0.2, 0.25) is 11.9 Å². The third-order valence-electron chi connectivity index (χ3n) is 3.82. The lowest BCUT2D eigenvalue weighted by Crippen LogP contribution is -2.17. The van der Waals surface area contributed by atoms with E-state index in [1.807, 2.05) is 42.6 Å². The summed E-state index contributed by atoms with van der Waals surface area (Å²) in [4.78, 5) is 21.0. The number of carbonyl (C=O) groups excluding carboxylic acids is 1. The van der Waals surface area contributed by atoms with Crippen molar-refractivity contribution in [1.82, 2.24) is 29.0 Å². The third kappa shape index (κ3) is 2.37. The molecule has 0 unspecified atom stereocenters. The first kappa shape index (κ1) is 14.3. The Hall–Kier alpha value is -3.29. The van der Waals surface area contributed by atoms with Gasteiger partial charge in [-0.05, 0) is 31.5 Å². The first-order valence-electron chi connectivity index (χ1n) is 7.51. The summed E-state index contributed by atoms with van der Waals surface area (Å²) >= 11 is 0. The number of imidazole rings is 1. The van der Waals surface area contributed by atoms with Crippen LogP contribution in [-0.4, -0.2) is 34.9 Å². The van der Waals surface area contributed by atoms with Gasteiger partial charge in [-0.2, -0.15) is 0 Å². The maximum absolute atomic E-state index is 12.4. The lowest BCUT2D eigenvalue weighted by atomic mass is 10.3. The van der Waals surface area contributed by atoms with Crippen molar-refractivity contribution >= 4 is 23.3 Å². The number of hydrogen-bond donors (Lipinski definition) is 1. The molecule has 0 radical (unpaired) electrons. The van der Waals surface area contributed by atoms with Gasteiger partial charge in [-0.15, -0.1) is 10.2 Å². The van der Waals surface area contributed by atoms with Crippen molar-refractivity contribution < 1.29 is 4.79 Å². The molecule has 4 rings (SSSR count). The Balaban J connectivity index is 1.58. The summed E-state index contributed by atoms with van der Waals surface area (Å²) in [6.45, 7) is 3.86. The fraction of sp³-hybridized carbons (Fsp3) is 0.188. The predicted molar refractivity (Wildman–Crippen MR) is 87.8 cm³/mol. The van der Waals surface area contributed by atoms with Crippen LogP contribution in [0.2, 0.25) is 0 Å². The van der Waals surface area contributed by atoms with Gasteiger partial charge in [0, 0.05) is 24.3 Å². The van der Waals surface area contributed by atoms with Crippen LogP contribution in [0, 0.1) is 13.8 Å². The molecule has 8 heteroatoms. The predicted octanol–water partition coefficient (Wildman–Crippen LogP) is 1.57. The molecular weight excluding hydrogens is 306 g/mol. The van der Waals surface area contributed by atoms with E-state index >= 15 is 0 Å². The van der Waals surface area contributed by atoms with E-state index in [9.17, 15) is 4.79 Å². The minimum Gasteiger partial charge on any atom is -0.303 e. The van der Waals surface area contributed by atoms with Crippen LogP contribution in [0.1, 0.15) is 17.0 Å². The number of rotatable bonds is 3. The van der Waals surface area contributed by atoms with E-state index < -0.39 is 0 Å². The van der Waals surface area contributed by atoms with E-state index in [0.717, 1.165) is 22.6 Å². The second-order valence-electron chi connectivity index (χ2n) is 5.62. The van der Waals surface area contributed by atoms with Crippen LogP contribution in [0.15, 0.2) is 36.8 Å². The van der Waals surface area contributed by atoms with Crippen LogP contribution in [0.4, 0.5) is 5.95 Å². The van der Waals surface area contributed by atoms with E-state index in [0.29, 0.717) is 11.7 Å². The third-order valence-corrected chi connectivity index (χ3v) is 3.82. The molecule has 4 heterocycles. The Morgan fingerprint density at radius 3 is 2.92 bits per heavy atom. The van der Waals surface area contributed by atoms with Gasteiger partial charge in [-0.1, -0.05) is 6.07 Å². The number of pyridine rings is 1. The van der Waals surface area contributed by atoms with E-state index in [-0.39, 0.29) is 12.3 Å². The molecular formula is C16H15N7O. The number of carbonyl (C=O) groups is 1. The monoisotopic (exact) mass is 321 g/mol. The molecule has 0 aromatic carbocycles. The van der Waals surface area contributed by atoms with Crippen LogP contribution >= 0.6 is 0 Å². The summed E-state index contributed by atoms with van der Waals surface area (Å²) in [6.07, 6.45) is 5.59. The number of hydrogen-bond acceptors (Lipinski definition) is 5. The van der Waals surface area contributed by atoms with Crippen LogP contribution in [0.25, 0.3) is 11.4 Å². The molecule has 0 aliphatic carbocycles. The lowest BCUT2D eigenvalue weighted by molar-refractivity contribution is -0.115. The standard InChI is InChI=1S/C16H15N7O/c1-10-4-3-6-22-12(9-17-14(10)22)8-13(24)19-16-21-20-15-18-11(2)5-7-23(15)16/h3-7,9H,8H2,1-2H3,(H,19,21,24). The number of anilines is 1. The van der Waals surface area contributed by atoms with Crippen molar-refractivity contribution in [3.8, 4) is 0 Å². The Bertz CT molecular complexity index is 1060. The fourth-order valence-corrected chi connectivity index (χ4v) is 2.63. The zero-order chi connectivity index (χ0) is 16.7. The molecule has 120 valence electrons. The number of nitrogens with one attached hydrogen (secondary N) is 1. The second kappa shape index (κ2) is 5.41. The summed E-state index contributed by atoms with van der Waals surface area (Å²) < 4.78 is 3.56. The van der Waals surface area contributed by atoms with Crippen LogP contribution < -0.4 is 5.32 Å². The van der Waals surface area contributed by atoms with Crippen LogP contribution in [0.5, 0.6) is 0 Å². The van der Waals surface area contributed by atoms with Crippen molar-refractivity contribution in [3.63, 3.8) is 0 Å². The molecule has 4 aromatic rings. The Morgan fingerprint density at radius 2 is 2.04 bits per heavy atom. The lowest BCUT2D eigenvalue weighted by Gasteiger charge is -2.04. The molecule has 0 saturated carbocycles. The Kier molecular flexibility index (Phi) is 3.23. The molecule has 0 saturated heterocycles. The van der Waals surface area contributed by atoms with Crippen LogP contribution in [-0.2, 0) is 11.2 Å². The van der Waals surface area contributed by atoms with Gasteiger partial charge in [0.05, 0.1) is 12.1 Å². The maximum atomic E-state index is 12.4. The van der Waals surface area contributed by atoms with Crippen molar-refractivity contribution in [2.75, 3.05) is 5.32 Å². The average Bonchev–Trinajstić information content (AvgIpc) is 3.13. The van der Waals surface area contributed by atoms with Crippen molar-refractivity contribution in [3.05, 3.63) is 53.7 Å². The highest BCUT2D eigenvalue weighted by Gasteiger charge is 2.13. The second-order valence-corrected chi connectivity index (χ2v) is 5.62. The normalized spacial score (nSPS) is 11.2. The first-order valence-corrected chi connectivity index (χ1v) is 7.51. The largest absolute Gasteiger partial charge is 0.303 e. The van der Waals surface area contributed by atoms with E-state index in [2.05, 4.69) is 25.5 Å². The molecule has 1 N–H and O–H groups in total. The molecule has 24 heavy (non-hydrogen) atoms. The fourth-order valence-electron chi connectivity index (χ4n) is 2.63. The van der Waals surface area contributed by atoms with Gasteiger partial charge in [0.1, 0.15) is 5.65 Å². The Labute approximate surface area is 137 Å². The number of nitrogens with zero attached hydrogens (tertiary/aromatic N) is 6. The first-order chi connectivity index (χ1) is 11.6. The minimum atomic E-state index is -0.187. The molecule has 1 amide bonds. The van der Waals surface area contributed by atoms with Crippen molar-refractivity contribution in [2.24, 2.45) is 0 Å². The molecule has 0 fully saturated rings. The molecule has 0 atom stereocenters. The van der Waals surface area contributed by atoms with Gasteiger partial charge in [0.15, 0.2) is 0 Å². The van der Waals surface area contributed by atoms with E-state index in [1.165, 1.54) is 0 Å². The SMILES string of the molecule is Cc1ccn2c(NC(=O)Cc3cnc4c(C)cccn34)nnc2n1. The zero-order valence-electron chi connectivity index (χ0n) is 13.3. The number of aryl methyl sites for hydroxylation is 2. The van der Waals surface area contributed by atoms with Crippen molar-refractivity contribution in [2.45, 2.75) is 20.3 Å². The van der Waals surface area contributed by atoms with E-state index in [4.69, 9.17) is 0 Å². The summed E-state index contributed by atoms with van der Waals surface area (Å²) in [5.41, 5.74) is 3.57. The molecule has 0 spiro atoms. The van der Waals surface area contributed by atoms with Crippen LogP contribution in [0.3, 0.4) is 0 Å². The molecule has 0 bridgehead atoms. The smallest absolute Gasteiger partial charge is 0.256 e. The topological polar surface area (TPSA) is 89.5 Å². The van der Waals surface area contributed by atoms with Gasteiger partial charge in [-0.3, -0.25) is 14.5 Å². The number of fused-ring (bicyclic) bond motifs is 2. The van der Waals surface area contributed by atoms with Gasteiger partial charge >= 0.3 is 0 Å². The maximum Gasteiger partial charge on any atom is 0.256 e. The van der Waals surface area contributed by atoms with Gasteiger partial charge in [0.25, 0.3) is 5.78 Å². The zero-order valence-corrected chi connectivity index (χ0v) is 13.3. The highest BCUT2D eigenvalue weighted by atomic mass is 16.1. The summed E-state index contributed by atoms with van der Waals surface area (Å²) in [5.74, 6) is 0.622. The summed E-state index contributed by atoms with van der Waals surface area (Å²) in [5, 5.41) is 10.7. The van der Waals surface area contributed by atoms with Gasteiger partial charge < -0.3 is 4.40 Å². The Morgan fingerprint density at radius 1 is 1.17 bits per heavy atom. The molecule has 0 aliphatic rings. The number of aromatic nitrogens is 6. The summed E-state index contributed by atoms with van der Waals surface area (Å²) in [6, 6.07) is 5.76. The molecule has 0 aliphatic heterocycles. The minimum absolute atomic E-state index is 0.187. The number of amides is 1. The van der Waals surface area contributed by atoms with E-state index in [1.54, 1.807) is 16.8 Å². The molecule has 4 aromatic heterocycles.